The van der Waals surface area contributed by atoms with E-state index < -0.39 is 0 Å². The van der Waals surface area contributed by atoms with Crippen LogP contribution in [0, 0.1) is 19.7 Å². The van der Waals surface area contributed by atoms with Gasteiger partial charge in [-0.1, -0.05) is 47.5 Å². The largest absolute Gasteiger partial charge is 0.255 e. The Morgan fingerprint density at radius 2 is 1.46 bits per heavy atom. The molecule has 0 radical (unpaired) electrons. The van der Waals surface area contributed by atoms with Crippen molar-refractivity contribution in [3.05, 3.63) is 89.9 Å². The van der Waals surface area contributed by atoms with E-state index in [0.29, 0.717) is 0 Å². The molecule has 136 valence electrons. The molecule has 0 aliphatic heterocycles. The maximum atomic E-state index is 14.1. The van der Waals surface area contributed by atoms with Crippen LogP contribution in [0.2, 0.25) is 0 Å². The van der Waals surface area contributed by atoms with Crippen molar-refractivity contribution in [2.45, 2.75) is 13.8 Å². The molecule has 0 saturated carbocycles. The SMILES string of the molecule is Cc1ccc(-c2nn(-c3ccc(C)cc3)c3c2cnc2ccc(F)cc23)cc1. The number of benzene rings is 3. The zero-order chi connectivity index (χ0) is 19.3. The topological polar surface area (TPSA) is 30.7 Å². The molecule has 3 nitrogen and oxygen atoms in total. The molecule has 4 heteroatoms. The van der Waals surface area contributed by atoms with Crippen LogP contribution in [0.15, 0.2) is 72.9 Å². The van der Waals surface area contributed by atoms with E-state index in [2.05, 4.69) is 55.2 Å². The van der Waals surface area contributed by atoms with Crippen molar-refractivity contribution in [2.75, 3.05) is 0 Å². The first-order valence-electron chi connectivity index (χ1n) is 9.21. The van der Waals surface area contributed by atoms with E-state index in [9.17, 15) is 4.39 Å². The normalized spacial score (nSPS) is 11.4. The van der Waals surface area contributed by atoms with Gasteiger partial charge in [0.05, 0.1) is 16.7 Å². The third-order valence-electron chi connectivity index (χ3n) is 5.07. The summed E-state index contributed by atoms with van der Waals surface area (Å²) in [5, 5.41) is 6.58. The highest BCUT2D eigenvalue weighted by Crippen LogP contribution is 2.34. The molecule has 0 atom stereocenters. The number of halogens is 1. The summed E-state index contributed by atoms with van der Waals surface area (Å²) in [5.74, 6) is -0.282. The molecule has 0 fully saturated rings. The van der Waals surface area contributed by atoms with Crippen LogP contribution >= 0.6 is 0 Å². The van der Waals surface area contributed by atoms with E-state index >= 15 is 0 Å². The highest BCUT2D eigenvalue weighted by atomic mass is 19.1. The van der Waals surface area contributed by atoms with Crippen LogP contribution in [0.5, 0.6) is 0 Å². The molecule has 0 spiro atoms. The van der Waals surface area contributed by atoms with E-state index in [1.807, 2.05) is 23.0 Å². The van der Waals surface area contributed by atoms with Gasteiger partial charge < -0.3 is 0 Å². The Morgan fingerprint density at radius 3 is 2.18 bits per heavy atom. The van der Waals surface area contributed by atoms with E-state index in [1.54, 1.807) is 6.07 Å². The number of nitrogens with zero attached hydrogens (tertiary/aromatic N) is 3. The Balaban J connectivity index is 1.90. The van der Waals surface area contributed by atoms with Crippen molar-refractivity contribution < 1.29 is 4.39 Å². The van der Waals surface area contributed by atoms with Gasteiger partial charge in [0.15, 0.2) is 0 Å². The molecule has 5 rings (SSSR count). The monoisotopic (exact) mass is 367 g/mol. The Labute approximate surface area is 162 Å². The Morgan fingerprint density at radius 1 is 0.786 bits per heavy atom. The summed E-state index contributed by atoms with van der Waals surface area (Å²) in [6.45, 7) is 4.11. The number of aryl methyl sites for hydroxylation is 2. The molecule has 3 aromatic carbocycles. The number of aromatic nitrogens is 3. The molecule has 0 amide bonds. The van der Waals surface area contributed by atoms with E-state index in [1.165, 1.54) is 23.3 Å². The van der Waals surface area contributed by atoms with Gasteiger partial charge in [0.25, 0.3) is 0 Å². The lowest BCUT2D eigenvalue weighted by Crippen LogP contribution is -1.97. The van der Waals surface area contributed by atoms with Crippen LogP contribution in [0.1, 0.15) is 11.1 Å². The molecule has 28 heavy (non-hydrogen) atoms. The van der Waals surface area contributed by atoms with Gasteiger partial charge in [0, 0.05) is 22.5 Å². The predicted molar refractivity (Wildman–Crippen MR) is 111 cm³/mol. The lowest BCUT2D eigenvalue weighted by Gasteiger charge is -2.06. The first kappa shape index (κ1) is 16.6. The summed E-state index contributed by atoms with van der Waals surface area (Å²) < 4.78 is 16.0. The number of hydrogen-bond acceptors (Lipinski definition) is 2. The van der Waals surface area contributed by atoms with Gasteiger partial charge in [0.2, 0.25) is 0 Å². The number of fused-ring (bicyclic) bond motifs is 3. The fourth-order valence-corrected chi connectivity index (χ4v) is 3.55. The number of rotatable bonds is 2. The van der Waals surface area contributed by atoms with Gasteiger partial charge >= 0.3 is 0 Å². The molecule has 0 aliphatic carbocycles. The van der Waals surface area contributed by atoms with Crippen LogP contribution in [0.4, 0.5) is 4.39 Å². The number of hydrogen-bond donors (Lipinski definition) is 0. The maximum Gasteiger partial charge on any atom is 0.124 e. The van der Waals surface area contributed by atoms with Gasteiger partial charge in [-0.15, -0.1) is 0 Å². The van der Waals surface area contributed by atoms with Gasteiger partial charge in [0.1, 0.15) is 11.5 Å². The first-order chi connectivity index (χ1) is 13.6. The fraction of sp³-hybridized carbons (Fsp3) is 0.0833. The van der Waals surface area contributed by atoms with Crippen LogP contribution in [0.3, 0.4) is 0 Å². The summed E-state index contributed by atoms with van der Waals surface area (Å²) >= 11 is 0. The molecule has 2 aromatic heterocycles. The molecule has 0 unspecified atom stereocenters. The minimum atomic E-state index is -0.282. The van der Waals surface area contributed by atoms with E-state index in [0.717, 1.165) is 38.8 Å². The van der Waals surface area contributed by atoms with E-state index in [-0.39, 0.29) is 5.82 Å². The van der Waals surface area contributed by atoms with Gasteiger partial charge in [-0.25, -0.2) is 9.07 Å². The van der Waals surface area contributed by atoms with Crippen LogP contribution in [-0.4, -0.2) is 14.8 Å². The summed E-state index contributed by atoms with van der Waals surface area (Å²) in [4.78, 5) is 4.56. The summed E-state index contributed by atoms with van der Waals surface area (Å²) in [5.41, 5.74) is 6.77. The predicted octanol–water partition coefficient (Wildman–Crippen LogP) is 6.00. The van der Waals surface area contributed by atoms with E-state index in [4.69, 9.17) is 5.10 Å². The Kier molecular flexibility index (Phi) is 3.72. The fourth-order valence-electron chi connectivity index (χ4n) is 3.55. The molecule has 5 aromatic rings. The molecule has 0 N–H and O–H groups in total. The molecule has 0 aliphatic rings. The third-order valence-corrected chi connectivity index (χ3v) is 5.07. The maximum absolute atomic E-state index is 14.1. The zero-order valence-electron chi connectivity index (χ0n) is 15.6. The average molecular weight is 367 g/mol. The minimum absolute atomic E-state index is 0.282. The highest BCUT2D eigenvalue weighted by Gasteiger charge is 2.17. The van der Waals surface area contributed by atoms with Gasteiger partial charge in [-0.05, 0) is 44.2 Å². The van der Waals surface area contributed by atoms with Crippen molar-refractivity contribution in [3.8, 4) is 16.9 Å². The summed E-state index contributed by atoms with van der Waals surface area (Å²) in [6, 6.07) is 21.1. The second kappa shape index (κ2) is 6.27. The van der Waals surface area contributed by atoms with Crippen LogP contribution in [-0.2, 0) is 0 Å². The second-order valence-electron chi connectivity index (χ2n) is 7.14. The standard InChI is InChI=1S/C24H18FN3/c1-15-3-7-17(8-4-15)23-21-14-26-22-12-9-18(25)13-20(22)24(21)28(27-23)19-10-5-16(2)6-11-19/h3-14H,1-2H3. The molecular weight excluding hydrogens is 349 g/mol. The average Bonchev–Trinajstić information content (AvgIpc) is 3.09. The zero-order valence-corrected chi connectivity index (χ0v) is 15.6. The smallest absolute Gasteiger partial charge is 0.124 e. The highest BCUT2D eigenvalue weighted by molar-refractivity contribution is 6.08. The summed E-state index contributed by atoms with van der Waals surface area (Å²) in [7, 11) is 0. The minimum Gasteiger partial charge on any atom is -0.255 e. The first-order valence-corrected chi connectivity index (χ1v) is 9.21. The Hall–Kier alpha value is -3.53. The molecule has 0 bridgehead atoms. The second-order valence-corrected chi connectivity index (χ2v) is 7.14. The third kappa shape index (κ3) is 2.65. The lowest BCUT2D eigenvalue weighted by molar-refractivity contribution is 0.629. The van der Waals surface area contributed by atoms with Crippen molar-refractivity contribution in [3.63, 3.8) is 0 Å². The van der Waals surface area contributed by atoms with Gasteiger partial charge in [-0.2, -0.15) is 5.10 Å². The molecule has 2 heterocycles. The lowest BCUT2D eigenvalue weighted by atomic mass is 10.1. The van der Waals surface area contributed by atoms with Crippen molar-refractivity contribution in [1.29, 1.82) is 0 Å². The molecule has 0 saturated heterocycles. The van der Waals surface area contributed by atoms with Crippen LogP contribution < -0.4 is 0 Å². The van der Waals surface area contributed by atoms with Gasteiger partial charge in [-0.3, -0.25) is 4.98 Å². The van der Waals surface area contributed by atoms with Crippen molar-refractivity contribution in [1.82, 2.24) is 14.8 Å². The van der Waals surface area contributed by atoms with Crippen molar-refractivity contribution >= 4 is 21.8 Å². The van der Waals surface area contributed by atoms with Crippen LogP contribution in [0.25, 0.3) is 38.8 Å². The Bertz CT molecular complexity index is 1320. The van der Waals surface area contributed by atoms with Crippen molar-refractivity contribution in [2.24, 2.45) is 0 Å². The quantitative estimate of drug-likeness (QED) is 0.383. The number of pyridine rings is 1. The molecular formula is C24H18FN3. The summed E-state index contributed by atoms with van der Waals surface area (Å²) in [6.07, 6.45) is 1.84.